The predicted octanol–water partition coefficient (Wildman–Crippen LogP) is 5.63. The third-order valence-corrected chi connectivity index (χ3v) is 13.0. The molecule has 1 aliphatic heterocycles. The lowest BCUT2D eigenvalue weighted by Gasteiger charge is -2.55. The first-order valence-corrected chi connectivity index (χ1v) is 10.9. The Morgan fingerprint density at radius 2 is 1.33 bits per heavy atom. The fraction of sp³-hybridized carbons (Fsp3) is 0.556. The summed E-state index contributed by atoms with van der Waals surface area (Å²) in [5, 5.41) is 0. The van der Waals surface area contributed by atoms with E-state index in [1.54, 1.807) is 12.1 Å². The lowest BCUT2D eigenvalue weighted by atomic mass is 10.2. The van der Waals surface area contributed by atoms with Gasteiger partial charge < -0.3 is 0 Å². The molecule has 6 heteroatoms. The second-order valence-electron chi connectivity index (χ2n) is 7.96. The van der Waals surface area contributed by atoms with Gasteiger partial charge in [-0.05, 0) is 24.3 Å². The minimum atomic E-state index is -1.85. The molecule has 1 saturated heterocycles. The van der Waals surface area contributed by atoms with Crippen LogP contribution in [0, 0.1) is 0 Å². The Hall–Kier alpha value is -1.01. The van der Waals surface area contributed by atoms with E-state index in [0.717, 1.165) is 4.90 Å². The number of anilines is 1. The van der Waals surface area contributed by atoms with Crippen molar-refractivity contribution in [2.75, 3.05) is 4.90 Å². The molecule has 1 aliphatic rings. The van der Waals surface area contributed by atoms with Crippen LogP contribution in [0.15, 0.2) is 29.2 Å². The van der Waals surface area contributed by atoms with E-state index in [-0.39, 0.29) is 34.2 Å². The lowest BCUT2D eigenvalue weighted by molar-refractivity contribution is -0.121. The molecule has 0 N–H and O–H groups in total. The van der Waals surface area contributed by atoms with Crippen molar-refractivity contribution in [1.82, 2.24) is 0 Å². The standard InChI is InChI=1S/C18H26FNO2S2/c1-17(2,3)24(23-19,18(4,5)6)14-9-7-13(8-10-14)20-15(21)11-12-16(20)22/h7-10H,11-12H2,1-6H3. The normalized spacial score (nSPS) is 17.5. The summed E-state index contributed by atoms with van der Waals surface area (Å²) in [5.74, 6) is -0.337. The largest absolute Gasteiger partial charge is 0.274 e. The van der Waals surface area contributed by atoms with Crippen molar-refractivity contribution in [3.05, 3.63) is 24.3 Å². The Morgan fingerprint density at radius 3 is 1.67 bits per heavy atom. The molecule has 0 atom stereocenters. The van der Waals surface area contributed by atoms with Gasteiger partial charge in [0.15, 0.2) is 0 Å². The lowest BCUT2D eigenvalue weighted by Crippen LogP contribution is -2.36. The maximum absolute atomic E-state index is 14.4. The predicted molar refractivity (Wildman–Crippen MR) is 102 cm³/mol. The van der Waals surface area contributed by atoms with Crippen molar-refractivity contribution in [1.29, 1.82) is 0 Å². The number of carbonyl (C=O) groups is 2. The molecule has 1 heterocycles. The highest BCUT2D eigenvalue weighted by Crippen LogP contribution is 2.80. The minimum Gasteiger partial charge on any atom is -0.274 e. The molecule has 0 bridgehead atoms. The second kappa shape index (κ2) is 6.37. The van der Waals surface area contributed by atoms with E-state index >= 15 is 0 Å². The molecule has 0 unspecified atom stereocenters. The number of rotatable bonds is 3. The van der Waals surface area contributed by atoms with Crippen molar-refractivity contribution in [3.63, 3.8) is 0 Å². The number of amides is 2. The van der Waals surface area contributed by atoms with E-state index in [1.807, 2.05) is 12.1 Å². The average Bonchev–Trinajstić information content (AvgIpc) is 2.77. The van der Waals surface area contributed by atoms with Gasteiger partial charge in [-0.15, -0.1) is 9.06 Å². The number of carbonyl (C=O) groups excluding carboxylic acids is 2. The Balaban J connectivity index is 2.51. The summed E-state index contributed by atoms with van der Waals surface area (Å²) < 4.78 is 13.9. The van der Waals surface area contributed by atoms with Crippen LogP contribution in [0.2, 0.25) is 0 Å². The van der Waals surface area contributed by atoms with E-state index < -0.39 is 9.06 Å². The van der Waals surface area contributed by atoms with Crippen LogP contribution in [-0.4, -0.2) is 21.3 Å². The maximum atomic E-state index is 14.4. The fourth-order valence-electron chi connectivity index (χ4n) is 3.50. The molecule has 0 saturated carbocycles. The van der Waals surface area contributed by atoms with Crippen LogP contribution >= 0.6 is 20.2 Å². The fourth-order valence-corrected chi connectivity index (χ4v) is 9.41. The summed E-state index contributed by atoms with van der Waals surface area (Å²) >= 11 is 0.459. The van der Waals surface area contributed by atoms with Crippen LogP contribution in [-0.2, 0) is 9.59 Å². The Kier molecular flexibility index (Phi) is 5.13. The number of benzene rings is 1. The van der Waals surface area contributed by atoms with Crippen molar-refractivity contribution in [2.45, 2.75) is 68.8 Å². The quantitative estimate of drug-likeness (QED) is 0.510. The smallest absolute Gasteiger partial charge is 0.234 e. The summed E-state index contributed by atoms with van der Waals surface area (Å²) in [5.41, 5.74) is 0.575. The summed E-state index contributed by atoms with van der Waals surface area (Å²) in [4.78, 5) is 26.0. The molecular formula is C18H26FNO2S2. The van der Waals surface area contributed by atoms with Crippen molar-refractivity contribution in [3.8, 4) is 0 Å². The minimum absolute atomic E-state index is 0.169. The number of nitrogens with zero attached hydrogens (tertiary/aromatic N) is 1. The van der Waals surface area contributed by atoms with E-state index in [1.165, 1.54) is 4.90 Å². The Morgan fingerprint density at radius 1 is 0.917 bits per heavy atom. The van der Waals surface area contributed by atoms with E-state index in [0.29, 0.717) is 16.9 Å². The number of hydrogen-bond donors (Lipinski definition) is 0. The second-order valence-corrected chi connectivity index (χ2v) is 14.0. The van der Waals surface area contributed by atoms with E-state index in [2.05, 4.69) is 41.5 Å². The van der Waals surface area contributed by atoms with Crippen LogP contribution in [0.3, 0.4) is 0 Å². The monoisotopic (exact) mass is 371 g/mol. The molecule has 1 fully saturated rings. The summed E-state index contributed by atoms with van der Waals surface area (Å²) in [6.45, 7) is 12.4. The van der Waals surface area contributed by atoms with Gasteiger partial charge in [0.1, 0.15) is 11.2 Å². The van der Waals surface area contributed by atoms with Gasteiger partial charge in [-0.25, -0.2) is 0 Å². The van der Waals surface area contributed by atoms with Gasteiger partial charge in [-0.1, -0.05) is 41.5 Å². The van der Waals surface area contributed by atoms with Gasteiger partial charge >= 0.3 is 0 Å². The first-order chi connectivity index (χ1) is 11.0. The molecular weight excluding hydrogens is 345 g/mol. The van der Waals surface area contributed by atoms with Crippen molar-refractivity contribution >= 4 is 37.7 Å². The van der Waals surface area contributed by atoms with Crippen LogP contribution in [0.4, 0.5) is 9.57 Å². The molecule has 1 aromatic rings. The molecule has 134 valence electrons. The van der Waals surface area contributed by atoms with Crippen LogP contribution < -0.4 is 4.90 Å². The van der Waals surface area contributed by atoms with Gasteiger partial charge in [0, 0.05) is 27.2 Å². The van der Waals surface area contributed by atoms with Gasteiger partial charge in [0.05, 0.1) is 5.69 Å². The van der Waals surface area contributed by atoms with Crippen LogP contribution in [0.1, 0.15) is 54.4 Å². The molecule has 0 aliphatic carbocycles. The summed E-state index contributed by atoms with van der Waals surface area (Å²) in [6, 6.07) is 7.30. The molecule has 2 amide bonds. The van der Waals surface area contributed by atoms with Crippen molar-refractivity contribution in [2.24, 2.45) is 0 Å². The van der Waals surface area contributed by atoms with Gasteiger partial charge in [-0.2, -0.15) is 3.89 Å². The number of imide groups is 1. The molecule has 24 heavy (non-hydrogen) atoms. The highest BCUT2D eigenvalue weighted by atomic mass is 33.2. The third-order valence-electron chi connectivity index (χ3n) is 4.30. The highest BCUT2D eigenvalue weighted by molar-refractivity contribution is 8.93. The van der Waals surface area contributed by atoms with E-state index in [9.17, 15) is 13.5 Å². The zero-order chi connectivity index (χ0) is 18.3. The molecule has 0 spiro atoms. The van der Waals surface area contributed by atoms with Crippen LogP contribution in [0.5, 0.6) is 0 Å². The maximum Gasteiger partial charge on any atom is 0.234 e. The average molecular weight is 372 g/mol. The van der Waals surface area contributed by atoms with Crippen LogP contribution in [0.25, 0.3) is 0 Å². The van der Waals surface area contributed by atoms with Gasteiger partial charge in [0.25, 0.3) is 0 Å². The first kappa shape index (κ1) is 19.3. The molecule has 0 radical (unpaired) electrons. The zero-order valence-corrected chi connectivity index (χ0v) is 16.8. The van der Waals surface area contributed by atoms with Gasteiger partial charge in [0.2, 0.25) is 11.8 Å². The van der Waals surface area contributed by atoms with E-state index in [4.69, 9.17) is 0 Å². The first-order valence-electron chi connectivity index (χ1n) is 8.04. The SMILES string of the molecule is CC(C)(C)S(SF)(c1ccc(N2C(=O)CCC2=O)cc1)C(C)(C)C. The third kappa shape index (κ3) is 2.99. The summed E-state index contributed by atoms with van der Waals surface area (Å²) in [6.07, 6.45) is 0.528. The zero-order valence-electron chi connectivity index (χ0n) is 15.2. The topological polar surface area (TPSA) is 37.4 Å². The molecule has 3 nitrogen and oxygen atoms in total. The molecule has 2 rings (SSSR count). The number of hydrogen-bond acceptors (Lipinski definition) is 3. The molecule has 0 aromatic heterocycles. The Bertz CT molecular complexity index is 614. The molecule has 1 aromatic carbocycles. The van der Waals surface area contributed by atoms with Crippen molar-refractivity contribution < 1.29 is 13.5 Å². The Labute approximate surface area is 149 Å². The highest BCUT2D eigenvalue weighted by Gasteiger charge is 2.49. The number of halogens is 1. The summed E-state index contributed by atoms with van der Waals surface area (Å²) in [7, 11) is -1.85. The van der Waals surface area contributed by atoms with Gasteiger partial charge in [-0.3, -0.25) is 14.5 Å².